The number of aromatic nitrogens is 2. The number of hydrogen-bond acceptors (Lipinski definition) is 5. The van der Waals surface area contributed by atoms with E-state index < -0.39 is 23.4 Å². The average molecular weight is 420 g/mol. The second kappa shape index (κ2) is 8.98. The van der Waals surface area contributed by atoms with Crippen LogP contribution in [0.25, 0.3) is 0 Å². The van der Waals surface area contributed by atoms with Crippen LogP contribution in [0.3, 0.4) is 0 Å². The van der Waals surface area contributed by atoms with Crippen LogP contribution in [0.4, 0.5) is 40.7 Å². The van der Waals surface area contributed by atoms with Crippen LogP contribution >= 0.6 is 0 Å². The molecule has 1 N–H and O–H groups in total. The summed E-state index contributed by atoms with van der Waals surface area (Å²) < 4.78 is 58.9. The van der Waals surface area contributed by atoms with Crippen molar-refractivity contribution in [3.63, 3.8) is 0 Å². The first kappa shape index (κ1) is 21.4. The van der Waals surface area contributed by atoms with Gasteiger partial charge in [-0.2, -0.15) is 18.2 Å². The lowest BCUT2D eigenvalue weighted by Crippen LogP contribution is -2.17. The van der Waals surface area contributed by atoms with Crippen LogP contribution in [-0.2, 0) is 6.18 Å². The molecule has 0 spiro atoms. The highest BCUT2D eigenvalue weighted by Crippen LogP contribution is 2.36. The molecule has 0 amide bonds. The van der Waals surface area contributed by atoms with Crippen molar-refractivity contribution in [1.82, 2.24) is 9.97 Å². The largest absolute Gasteiger partial charge is 0.494 e. The second-order valence-electron chi connectivity index (χ2n) is 6.46. The van der Waals surface area contributed by atoms with Crippen LogP contribution in [0.5, 0.6) is 5.75 Å². The van der Waals surface area contributed by atoms with Crippen molar-refractivity contribution in [3.05, 3.63) is 66.1 Å². The van der Waals surface area contributed by atoms with Crippen molar-refractivity contribution in [2.24, 2.45) is 0 Å². The lowest BCUT2D eigenvalue weighted by Gasteiger charge is -2.20. The predicted octanol–water partition coefficient (Wildman–Crippen LogP) is 5.93. The summed E-state index contributed by atoms with van der Waals surface area (Å²) in [5.41, 5.74) is -0.0785. The lowest BCUT2D eigenvalue weighted by atomic mass is 10.2. The van der Waals surface area contributed by atoms with E-state index in [-0.39, 0.29) is 11.6 Å². The zero-order valence-electron chi connectivity index (χ0n) is 16.4. The summed E-state index contributed by atoms with van der Waals surface area (Å²) >= 11 is 0. The molecular weight excluding hydrogens is 400 g/mol. The van der Waals surface area contributed by atoms with E-state index in [0.29, 0.717) is 18.0 Å². The van der Waals surface area contributed by atoms with E-state index in [1.54, 1.807) is 36.2 Å². The van der Waals surface area contributed by atoms with Crippen molar-refractivity contribution in [3.8, 4) is 5.75 Å². The van der Waals surface area contributed by atoms with Gasteiger partial charge in [-0.1, -0.05) is 6.92 Å². The summed E-state index contributed by atoms with van der Waals surface area (Å²) in [5.74, 6) is -0.157. The van der Waals surface area contributed by atoms with E-state index in [0.717, 1.165) is 24.8 Å². The Balaban J connectivity index is 1.90. The first-order valence-electron chi connectivity index (χ1n) is 9.21. The van der Waals surface area contributed by atoms with E-state index in [9.17, 15) is 17.6 Å². The third-order valence-electron chi connectivity index (χ3n) is 4.19. The maximum Gasteiger partial charge on any atom is 0.421 e. The van der Waals surface area contributed by atoms with E-state index in [1.807, 2.05) is 6.92 Å². The zero-order valence-corrected chi connectivity index (χ0v) is 16.4. The minimum absolute atomic E-state index is 0.0647. The summed E-state index contributed by atoms with van der Waals surface area (Å²) in [6.07, 6.45) is -3.05. The number of nitrogens with one attached hydrogen (secondary N) is 1. The number of ether oxygens (including phenoxy) is 1. The molecule has 0 unspecified atom stereocenters. The molecule has 3 rings (SSSR count). The van der Waals surface area contributed by atoms with Gasteiger partial charge in [-0.05, 0) is 55.0 Å². The summed E-state index contributed by atoms with van der Waals surface area (Å²) in [7, 11) is 1.65. The summed E-state index contributed by atoms with van der Waals surface area (Å²) in [6.45, 7) is 2.59. The number of nitrogens with zero attached hydrogens (tertiary/aromatic N) is 3. The molecule has 0 atom stereocenters. The molecule has 0 bridgehead atoms. The lowest BCUT2D eigenvalue weighted by molar-refractivity contribution is -0.137. The topological polar surface area (TPSA) is 50.3 Å². The molecule has 0 saturated carbocycles. The highest BCUT2D eigenvalue weighted by molar-refractivity contribution is 5.64. The molecule has 0 saturated heterocycles. The van der Waals surface area contributed by atoms with Gasteiger partial charge in [0, 0.05) is 24.6 Å². The Morgan fingerprint density at radius 2 is 1.70 bits per heavy atom. The highest BCUT2D eigenvalue weighted by Gasteiger charge is 2.35. The number of halogens is 4. The summed E-state index contributed by atoms with van der Waals surface area (Å²) in [6, 6.07) is 12.0. The van der Waals surface area contributed by atoms with Crippen LogP contribution in [0.15, 0.2) is 54.7 Å². The monoisotopic (exact) mass is 420 g/mol. The van der Waals surface area contributed by atoms with Gasteiger partial charge >= 0.3 is 6.18 Å². The van der Waals surface area contributed by atoms with Crippen molar-refractivity contribution in [2.75, 3.05) is 23.9 Å². The maximum atomic E-state index is 13.4. The maximum absolute atomic E-state index is 13.4. The number of benzene rings is 2. The van der Waals surface area contributed by atoms with Crippen LogP contribution in [0.2, 0.25) is 0 Å². The number of rotatable bonds is 7. The molecule has 0 aliphatic heterocycles. The van der Waals surface area contributed by atoms with Gasteiger partial charge in [-0.3, -0.25) is 0 Å². The van der Waals surface area contributed by atoms with E-state index in [1.165, 1.54) is 12.1 Å². The summed E-state index contributed by atoms with van der Waals surface area (Å²) in [5, 5.41) is 2.60. The van der Waals surface area contributed by atoms with Crippen LogP contribution in [-0.4, -0.2) is 23.6 Å². The third kappa shape index (κ3) is 5.16. The molecule has 1 heterocycles. The van der Waals surface area contributed by atoms with E-state index >= 15 is 0 Å². The Hall–Kier alpha value is -3.36. The summed E-state index contributed by atoms with van der Waals surface area (Å²) in [4.78, 5) is 9.49. The Morgan fingerprint density at radius 3 is 2.30 bits per heavy atom. The van der Waals surface area contributed by atoms with Gasteiger partial charge in [0.05, 0.1) is 6.61 Å². The molecule has 158 valence electrons. The van der Waals surface area contributed by atoms with Crippen molar-refractivity contribution >= 4 is 23.1 Å². The van der Waals surface area contributed by atoms with Crippen molar-refractivity contribution < 1.29 is 22.3 Å². The molecule has 0 aliphatic rings. The Bertz CT molecular complexity index is 976. The van der Waals surface area contributed by atoms with Gasteiger partial charge in [0.25, 0.3) is 0 Å². The number of hydrogen-bond donors (Lipinski definition) is 1. The van der Waals surface area contributed by atoms with Crippen LogP contribution < -0.4 is 15.0 Å². The number of alkyl halides is 3. The molecule has 9 heteroatoms. The molecule has 3 aromatic rings. The van der Waals surface area contributed by atoms with Gasteiger partial charge in [0.15, 0.2) is 0 Å². The molecule has 0 radical (unpaired) electrons. The molecule has 30 heavy (non-hydrogen) atoms. The molecular formula is C21H20F4N4O. The van der Waals surface area contributed by atoms with Crippen molar-refractivity contribution in [2.45, 2.75) is 19.5 Å². The normalized spacial score (nSPS) is 11.3. The zero-order chi connectivity index (χ0) is 21.7. The van der Waals surface area contributed by atoms with Crippen LogP contribution in [0, 0.1) is 5.82 Å². The SMILES string of the molecule is CCCOc1ccc(N(C)c2ncc(C(F)(F)F)c(Nc3ccc(F)cc3)n2)cc1. The van der Waals surface area contributed by atoms with Gasteiger partial charge < -0.3 is 15.0 Å². The van der Waals surface area contributed by atoms with Gasteiger partial charge in [-0.15, -0.1) is 0 Å². The quantitative estimate of drug-likeness (QED) is 0.480. The fourth-order valence-corrected chi connectivity index (χ4v) is 2.61. The first-order chi connectivity index (χ1) is 14.3. The first-order valence-corrected chi connectivity index (χ1v) is 9.21. The van der Waals surface area contributed by atoms with Gasteiger partial charge in [0.2, 0.25) is 5.95 Å². The molecule has 5 nitrogen and oxygen atoms in total. The molecule has 1 aromatic heterocycles. The van der Waals surface area contributed by atoms with E-state index in [2.05, 4.69) is 15.3 Å². The minimum Gasteiger partial charge on any atom is -0.494 e. The molecule has 2 aromatic carbocycles. The third-order valence-corrected chi connectivity index (χ3v) is 4.19. The Kier molecular flexibility index (Phi) is 6.39. The van der Waals surface area contributed by atoms with E-state index in [4.69, 9.17) is 4.74 Å². The van der Waals surface area contributed by atoms with Crippen molar-refractivity contribution in [1.29, 1.82) is 0 Å². The molecule has 0 aliphatic carbocycles. The fraction of sp³-hybridized carbons (Fsp3) is 0.238. The smallest absolute Gasteiger partial charge is 0.421 e. The molecule has 0 fully saturated rings. The second-order valence-corrected chi connectivity index (χ2v) is 6.46. The predicted molar refractivity (Wildman–Crippen MR) is 107 cm³/mol. The van der Waals surface area contributed by atoms with Gasteiger partial charge in [0.1, 0.15) is 22.9 Å². The fourth-order valence-electron chi connectivity index (χ4n) is 2.61. The minimum atomic E-state index is -4.66. The standard InChI is InChI=1S/C21H20F4N4O/c1-3-12-30-17-10-8-16(9-11-17)29(2)20-26-13-18(21(23,24)25)19(28-20)27-15-6-4-14(22)5-7-15/h4-11,13H,3,12H2,1-2H3,(H,26,27,28). The highest BCUT2D eigenvalue weighted by atomic mass is 19.4. The Labute approximate surface area is 171 Å². The number of anilines is 4. The Morgan fingerprint density at radius 1 is 1.03 bits per heavy atom. The average Bonchev–Trinajstić information content (AvgIpc) is 2.73. The van der Waals surface area contributed by atoms with Gasteiger partial charge in [-0.25, -0.2) is 9.37 Å². The van der Waals surface area contributed by atoms with Crippen LogP contribution in [0.1, 0.15) is 18.9 Å².